The number of nitrogens with one attached hydrogen (secondary N) is 1. The van der Waals surface area contributed by atoms with E-state index in [1.165, 1.54) is 30.5 Å². The van der Waals surface area contributed by atoms with Gasteiger partial charge in [-0.15, -0.1) is 0 Å². The molecule has 1 heterocycles. The normalized spacial score (nSPS) is 15.8. The molecular formula is C12H20N4. The number of nitrogens with two attached hydrogens (primary N) is 1. The van der Waals surface area contributed by atoms with Crippen molar-refractivity contribution < 1.29 is 0 Å². The quantitative estimate of drug-likeness (QED) is 0.455. The van der Waals surface area contributed by atoms with Crippen molar-refractivity contribution in [3.8, 4) is 0 Å². The second-order valence-corrected chi connectivity index (χ2v) is 4.72. The predicted molar refractivity (Wildman–Crippen MR) is 65.2 cm³/mol. The molecule has 1 aliphatic carbocycles. The van der Waals surface area contributed by atoms with Crippen LogP contribution in [0.25, 0.3) is 0 Å². The lowest BCUT2D eigenvalue weighted by molar-refractivity contribution is 0.705. The molecule has 1 aliphatic rings. The number of nitrogens with zero attached hydrogens (tertiary/aromatic N) is 2. The third-order valence-electron chi connectivity index (χ3n) is 3.10. The lowest BCUT2D eigenvalue weighted by Crippen LogP contribution is -2.16. The number of anilines is 1. The smallest absolute Gasteiger partial charge is 0.147 e. The lowest BCUT2D eigenvalue weighted by atomic mass is 10.1. The second-order valence-electron chi connectivity index (χ2n) is 4.72. The maximum Gasteiger partial charge on any atom is 0.147 e. The lowest BCUT2D eigenvalue weighted by Gasteiger charge is -2.14. The Bertz CT molecular complexity index is 374. The van der Waals surface area contributed by atoms with Crippen LogP contribution in [0.2, 0.25) is 0 Å². The van der Waals surface area contributed by atoms with Crippen molar-refractivity contribution in [1.29, 1.82) is 0 Å². The number of hydrogen-bond donors (Lipinski definition) is 2. The van der Waals surface area contributed by atoms with Crippen LogP contribution >= 0.6 is 0 Å². The number of hydrogen-bond acceptors (Lipinski definition) is 4. The summed E-state index contributed by atoms with van der Waals surface area (Å²) in [6.45, 7) is 4.22. The summed E-state index contributed by atoms with van der Waals surface area (Å²) >= 11 is 0. The molecule has 3 N–H and O–H groups in total. The SMILES string of the molecule is CC(C)c1nc2c(c(NN)n1)CCCCC2. The molecule has 0 saturated carbocycles. The first-order chi connectivity index (χ1) is 7.72. The van der Waals surface area contributed by atoms with Crippen LogP contribution in [-0.2, 0) is 12.8 Å². The highest BCUT2D eigenvalue weighted by Crippen LogP contribution is 2.25. The molecule has 0 bridgehead atoms. The van der Waals surface area contributed by atoms with Gasteiger partial charge in [0.05, 0.1) is 0 Å². The highest BCUT2D eigenvalue weighted by Gasteiger charge is 2.17. The first kappa shape index (κ1) is 11.3. The minimum Gasteiger partial charge on any atom is -0.308 e. The fraction of sp³-hybridized carbons (Fsp3) is 0.667. The second kappa shape index (κ2) is 4.78. The molecule has 4 nitrogen and oxygen atoms in total. The first-order valence-electron chi connectivity index (χ1n) is 6.08. The molecule has 0 aromatic carbocycles. The van der Waals surface area contributed by atoms with E-state index < -0.39 is 0 Å². The van der Waals surface area contributed by atoms with Gasteiger partial charge in [0.1, 0.15) is 11.6 Å². The van der Waals surface area contributed by atoms with Gasteiger partial charge in [0, 0.05) is 17.2 Å². The summed E-state index contributed by atoms with van der Waals surface area (Å²) < 4.78 is 0. The van der Waals surface area contributed by atoms with Crippen LogP contribution in [0.3, 0.4) is 0 Å². The van der Waals surface area contributed by atoms with Crippen molar-refractivity contribution in [1.82, 2.24) is 9.97 Å². The third-order valence-corrected chi connectivity index (χ3v) is 3.10. The zero-order valence-corrected chi connectivity index (χ0v) is 10.1. The van der Waals surface area contributed by atoms with Crippen molar-refractivity contribution in [2.75, 3.05) is 5.43 Å². The molecule has 1 aromatic heterocycles. The van der Waals surface area contributed by atoms with Gasteiger partial charge >= 0.3 is 0 Å². The standard InChI is InChI=1S/C12H20N4/c1-8(2)11-14-10-7-5-3-4-6-9(10)12(15-11)16-13/h8H,3-7,13H2,1-2H3,(H,14,15,16). The topological polar surface area (TPSA) is 63.8 Å². The Kier molecular flexibility index (Phi) is 3.39. The van der Waals surface area contributed by atoms with Gasteiger partial charge in [-0.3, -0.25) is 0 Å². The summed E-state index contributed by atoms with van der Waals surface area (Å²) in [4.78, 5) is 9.17. The maximum atomic E-state index is 5.55. The van der Waals surface area contributed by atoms with Gasteiger partial charge in [0.2, 0.25) is 0 Å². The molecule has 0 aliphatic heterocycles. The Labute approximate surface area is 96.6 Å². The third kappa shape index (κ3) is 2.16. The average molecular weight is 220 g/mol. The van der Waals surface area contributed by atoms with Gasteiger partial charge in [-0.2, -0.15) is 0 Å². The van der Waals surface area contributed by atoms with E-state index in [0.717, 1.165) is 24.5 Å². The molecule has 16 heavy (non-hydrogen) atoms. The van der Waals surface area contributed by atoms with Crippen LogP contribution in [0, 0.1) is 0 Å². The van der Waals surface area contributed by atoms with Gasteiger partial charge < -0.3 is 5.43 Å². The van der Waals surface area contributed by atoms with Gasteiger partial charge in [-0.1, -0.05) is 20.3 Å². The number of fused-ring (bicyclic) bond motifs is 1. The summed E-state index contributed by atoms with van der Waals surface area (Å²) in [5.74, 6) is 7.63. The van der Waals surface area contributed by atoms with Gasteiger partial charge in [-0.05, 0) is 25.7 Å². The minimum atomic E-state index is 0.348. The van der Waals surface area contributed by atoms with Crippen LogP contribution in [0.1, 0.15) is 56.1 Å². The van der Waals surface area contributed by atoms with Crippen molar-refractivity contribution >= 4 is 5.82 Å². The summed E-state index contributed by atoms with van der Waals surface area (Å²) in [6.07, 6.45) is 5.83. The summed E-state index contributed by atoms with van der Waals surface area (Å²) in [6, 6.07) is 0. The van der Waals surface area contributed by atoms with E-state index >= 15 is 0 Å². The molecule has 2 rings (SSSR count). The number of nitrogen functional groups attached to an aromatic ring is 1. The fourth-order valence-electron chi connectivity index (χ4n) is 2.17. The van der Waals surface area contributed by atoms with Crippen LogP contribution in [0.5, 0.6) is 0 Å². The molecule has 0 saturated heterocycles. The van der Waals surface area contributed by atoms with E-state index in [-0.39, 0.29) is 0 Å². The Morgan fingerprint density at radius 2 is 1.88 bits per heavy atom. The monoisotopic (exact) mass is 220 g/mol. The summed E-state index contributed by atoms with van der Waals surface area (Å²) in [7, 11) is 0. The number of aryl methyl sites for hydroxylation is 1. The largest absolute Gasteiger partial charge is 0.308 e. The number of aromatic nitrogens is 2. The highest BCUT2D eigenvalue weighted by atomic mass is 15.3. The zero-order valence-electron chi connectivity index (χ0n) is 10.1. The Balaban J connectivity index is 2.46. The Morgan fingerprint density at radius 3 is 2.56 bits per heavy atom. The van der Waals surface area contributed by atoms with Gasteiger partial charge in [0.15, 0.2) is 0 Å². The molecule has 1 aromatic rings. The van der Waals surface area contributed by atoms with Crippen LogP contribution in [0.15, 0.2) is 0 Å². The molecule has 0 amide bonds. The first-order valence-corrected chi connectivity index (χ1v) is 6.08. The average Bonchev–Trinajstić information content (AvgIpc) is 2.52. The summed E-state index contributed by atoms with van der Waals surface area (Å²) in [5.41, 5.74) is 5.15. The predicted octanol–water partition coefficient (Wildman–Crippen LogP) is 2.15. The molecule has 0 atom stereocenters. The molecule has 0 spiro atoms. The Morgan fingerprint density at radius 1 is 1.12 bits per heavy atom. The molecular weight excluding hydrogens is 200 g/mol. The van der Waals surface area contributed by atoms with Crippen LogP contribution in [0.4, 0.5) is 5.82 Å². The van der Waals surface area contributed by atoms with Crippen molar-refractivity contribution in [3.63, 3.8) is 0 Å². The van der Waals surface area contributed by atoms with Crippen molar-refractivity contribution in [3.05, 3.63) is 17.1 Å². The highest BCUT2D eigenvalue weighted by molar-refractivity contribution is 5.46. The van der Waals surface area contributed by atoms with E-state index in [9.17, 15) is 0 Å². The molecule has 0 radical (unpaired) electrons. The zero-order chi connectivity index (χ0) is 11.5. The van der Waals surface area contributed by atoms with Gasteiger partial charge in [0.25, 0.3) is 0 Å². The molecule has 88 valence electrons. The molecule has 4 heteroatoms. The summed E-state index contributed by atoms with van der Waals surface area (Å²) in [5, 5.41) is 0. The van der Waals surface area contributed by atoms with Crippen LogP contribution < -0.4 is 11.3 Å². The fourth-order valence-corrected chi connectivity index (χ4v) is 2.17. The van der Waals surface area contributed by atoms with Crippen molar-refractivity contribution in [2.24, 2.45) is 5.84 Å². The van der Waals surface area contributed by atoms with E-state index in [1.807, 2.05) is 0 Å². The number of rotatable bonds is 2. The molecule has 0 unspecified atom stereocenters. The minimum absolute atomic E-state index is 0.348. The van der Waals surface area contributed by atoms with Crippen LogP contribution in [-0.4, -0.2) is 9.97 Å². The Hall–Kier alpha value is -1.16. The van der Waals surface area contributed by atoms with E-state index in [1.54, 1.807) is 0 Å². The van der Waals surface area contributed by atoms with E-state index in [0.29, 0.717) is 5.92 Å². The van der Waals surface area contributed by atoms with Gasteiger partial charge in [-0.25, -0.2) is 15.8 Å². The maximum absolute atomic E-state index is 5.55. The number of hydrazine groups is 1. The van der Waals surface area contributed by atoms with E-state index in [2.05, 4.69) is 29.2 Å². The van der Waals surface area contributed by atoms with Crippen molar-refractivity contribution in [2.45, 2.75) is 51.9 Å². The van der Waals surface area contributed by atoms with E-state index in [4.69, 9.17) is 5.84 Å². The molecule has 0 fully saturated rings.